The number of benzene rings is 1. The van der Waals surface area contributed by atoms with Crippen LogP contribution in [0.1, 0.15) is 5.56 Å². The van der Waals surface area contributed by atoms with Gasteiger partial charge in [-0.2, -0.15) is 5.26 Å². The third kappa shape index (κ3) is 3.33. The molecule has 1 aromatic carbocycles. The van der Waals surface area contributed by atoms with Gasteiger partial charge in [0.1, 0.15) is 17.4 Å². The standard InChI is InChI=1S/C12H11BrN2O2/c1-15-12(16)9(7-14)5-8-3-4-11(17-2)10(13)6-8/h3-6H,1-2H3,(H,15,16)/b9-5+. The van der Waals surface area contributed by atoms with Crippen molar-refractivity contribution in [1.82, 2.24) is 5.32 Å². The van der Waals surface area contributed by atoms with Gasteiger partial charge in [-0.15, -0.1) is 0 Å². The van der Waals surface area contributed by atoms with Crippen molar-refractivity contribution in [2.45, 2.75) is 0 Å². The summed E-state index contributed by atoms with van der Waals surface area (Å²) in [7, 11) is 3.05. The molecule has 4 nitrogen and oxygen atoms in total. The van der Waals surface area contributed by atoms with E-state index in [1.165, 1.54) is 13.1 Å². The molecule has 0 aliphatic rings. The molecule has 0 aliphatic carbocycles. The Hall–Kier alpha value is -1.80. The summed E-state index contributed by atoms with van der Waals surface area (Å²) < 4.78 is 5.85. The number of likely N-dealkylation sites (N-methyl/N-ethyl adjacent to an activating group) is 1. The molecule has 1 N–H and O–H groups in total. The topological polar surface area (TPSA) is 62.1 Å². The predicted molar refractivity (Wildman–Crippen MR) is 68.4 cm³/mol. The minimum absolute atomic E-state index is 0.0598. The lowest BCUT2D eigenvalue weighted by Crippen LogP contribution is -2.19. The van der Waals surface area contributed by atoms with Crippen LogP contribution in [0.2, 0.25) is 0 Å². The molecule has 0 saturated heterocycles. The maximum absolute atomic E-state index is 11.3. The Morgan fingerprint density at radius 3 is 2.76 bits per heavy atom. The van der Waals surface area contributed by atoms with Gasteiger partial charge in [-0.05, 0) is 39.7 Å². The molecule has 88 valence electrons. The van der Waals surface area contributed by atoms with Crippen LogP contribution in [0.4, 0.5) is 0 Å². The highest BCUT2D eigenvalue weighted by Crippen LogP contribution is 2.26. The molecule has 1 amide bonds. The van der Waals surface area contributed by atoms with E-state index in [9.17, 15) is 4.79 Å². The second-order valence-corrected chi connectivity index (χ2v) is 4.00. The van der Waals surface area contributed by atoms with E-state index in [2.05, 4.69) is 21.2 Å². The number of hydrogen-bond acceptors (Lipinski definition) is 3. The Balaban J connectivity index is 3.10. The van der Waals surface area contributed by atoms with Crippen LogP contribution in [0.25, 0.3) is 6.08 Å². The Kier molecular flexibility index (Phi) is 4.73. The summed E-state index contributed by atoms with van der Waals surface area (Å²) >= 11 is 3.34. The molecule has 0 heterocycles. The third-order valence-corrected chi connectivity index (χ3v) is 2.70. The van der Waals surface area contributed by atoms with E-state index in [4.69, 9.17) is 10.00 Å². The molecule has 0 aromatic heterocycles. The second-order valence-electron chi connectivity index (χ2n) is 3.14. The third-order valence-electron chi connectivity index (χ3n) is 2.08. The molecule has 0 spiro atoms. The summed E-state index contributed by atoms with van der Waals surface area (Å²) in [6.45, 7) is 0. The molecule has 0 bridgehead atoms. The van der Waals surface area contributed by atoms with Crippen molar-refractivity contribution in [2.75, 3.05) is 14.2 Å². The molecular weight excluding hydrogens is 284 g/mol. The first-order valence-electron chi connectivity index (χ1n) is 4.79. The van der Waals surface area contributed by atoms with Gasteiger partial charge in [0.05, 0.1) is 11.6 Å². The molecule has 1 aromatic rings. The van der Waals surface area contributed by atoms with Crippen molar-refractivity contribution in [3.8, 4) is 11.8 Å². The number of hydrogen-bond donors (Lipinski definition) is 1. The van der Waals surface area contributed by atoms with Crippen molar-refractivity contribution in [2.24, 2.45) is 0 Å². The Morgan fingerprint density at radius 1 is 1.59 bits per heavy atom. The number of nitrogens with one attached hydrogen (secondary N) is 1. The van der Waals surface area contributed by atoms with E-state index in [-0.39, 0.29) is 5.57 Å². The summed E-state index contributed by atoms with van der Waals surface area (Å²) in [5.74, 6) is 0.292. The van der Waals surface area contributed by atoms with Crippen molar-refractivity contribution in [3.05, 3.63) is 33.8 Å². The zero-order valence-corrected chi connectivity index (χ0v) is 11.0. The highest BCUT2D eigenvalue weighted by Gasteiger charge is 2.07. The Labute approximate surface area is 108 Å². The number of rotatable bonds is 3. The van der Waals surface area contributed by atoms with Gasteiger partial charge in [-0.1, -0.05) is 6.07 Å². The molecular formula is C12H11BrN2O2. The maximum atomic E-state index is 11.3. The molecule has 5 heteroatoms. The van der Waals surface area contributed by atoms with Crippen LogP contribution in [0, 0.1) is 11.3 Å². The monoisotopic (exact) mass is 294 g/mol. The molecule has 0 saturated carbocycles. The van der Waals surface area contributed by atoms with E-state index >= 15 is 0 Å². The lowest BCUT2D eigenvalue weighted by molar-refractivity contribution is -0.116. The first-order valence-corrected chi connectivity index (χ1v) is 5.59. The molecule has 0 atom stereocenters. The predicted octanol–water partition coefficient (Wildman–Crippen LogP) is 2.11. The fourth-order valence-corrected chi connectivity index (χ4v) is 1.78. The fourth-order valence-electron chi connectivity index (χ4n) is 1.22. The van der Waals surface area contributed by atoms with Gasteiger partial charge in [0.2, 0.25) is 0 Å². The Morgan fingerprint density at radius 2 is 2.29 bits per heavy atom. The van der Waals surface area contributed by atoms with E-state index in [1.807, 2.05) is 6.07 Å². The van der Waals surface area contributed by atoms with Crippen LogP contribution >= 0.6 is 15.9 Å². The second kappa shape index (κ2) is 6.06. The fraction of sp³-hybridized carbons (Fsp3) is 0.167. The maximum Gasteiger partial charge on any atom is 0.261 e. The first kappa shape index (κ1) is 13.3. The number of nitriles is 1. The van der Waals surface area contributed by atoms with Gasteiger partial charge in [0, 0.05) is 7.05 Å². The number of carbonyl (C=O) groups excluding carboxylic acids is 1. The largest absolute Gasteiger partial charge is 0.496 e. The molecule has 0 radical (unpaired) electrons. The molecule has 0 aliphatic heterocycles. The summed E-state index contributed by atoms with van der Waals surface area (Å²) in [6.07, 6.45) is 1.52. The van der Waals surface area contributed by atoms with Gasteiger partial charge < -0.3 is 10.1 Å². The average Bonchev–Trinajstić information content (AvgIpc) is 2.35. The average molecular weight is 295 g/mol. The number of ether oxygens (including phenoxy) is 1. The zero-order chi connectivity index (χ0) is 12.8. The lowest BCUT2D eigenvalue weighted by atomic mass is 10.1. The van der Waals surface area contributed by atoms with Crippen LogP contribution in [0.15, 0.2) is 28.2 Å². The SMILES string of the molecule is CNC(=O)/C(C#N)=C/c1ccc(OC)c(Br)c1. The lowest BCUT2D eigenvalue weighted by Gasteiger charge is -2.04. The number of nitrogens with zero attached hydrogens (tertiary/aromatic N) is 1. The van der Waals surface area contributed by atoms with Crippen molar-refractivity contribution in [3.63, 3.8) is 0 Å². The highest BCUT2D eigenvalue weighted by atomic mass is 79.9. The van der Waals surface area contributed by atoms with Gasteiger partial charge in [0.15, 0.2) is 0 Å². The first-order chi connectivity index (χ1) is 8.12. The van der Waals surface area contributed by atoms with Crippen LogP contribution in [-0.2, 0) is 4.79 Å². The summed E-state index contributed by atoms with van der Waals surface area (Å²) in [6, 6.07) is 7.16. The minimum atomic E-state index is -0.403. The summed E-state index contributed by atoms with van der Waals surface area (Å²) in [4.78, 5) is 11.3. The van der Waals surface area contributed by atoms with Gasteiger partial charge in [0.25, 0.3) is 5.91 Å². The van der Waals surface area contributed by atoms with Crippen LogP contribution in [-0.4, -0.2) is 20.1 Å². The van der Waals surface area contributed by atoms with E-state index in [1.54, 1.807) is 25.3 Å². The van der Waals surface area contributed by atoms with Crippen LogP contribution < -0.4 is 10.1 Å². The molecule has 17 heavy (non-hydrogen) atoms. The van der Waals surface area contributed by atoms with Crippen molar-refractivity contribution < 1.29 is 9.53 Å². The van der Waals surface area contributed by atoms with E-state index in [0.29, 0.717) is 5.75 Å². The summed E-state index contributed by atoms with van der Waals surface area (Å²) in [5.41, 5.74) is 0.808. The number of carbonyl (C=O) groups is 1. The minimum Gasteiger partial charge on any atom is -0.496 e. The quantitative estimate of drug-likeness (QED) is 0.686. The normalized spacial score (nSPS) is 10.6. The number of halogens is 1. The highest BCUT2D eigenvalue weighted by molar-refractivity contribution is 9.10. The van der Waals surface area contributed by atoms with Crippen LogP contribution in [0.3, 0.4) is 0 Å². The number of methoxy groups -OCH3 is 1. The van der Waals surface area contributed by atoms with Crippen molar-refractivity contribution in [1.29, 1.82) is 5.26 Å². The van der Waals surface area contributed by atoms with Gasteiger partial charge in [-0.25, -0.2) is 0 Å². The summed E-state index contributed by atoms with van der Waals surface area (Å²) in [5, 5.41) is 11.3. The van der Waals surface area contributed by atoms with Crippen molar-refractivity contribution >= 4 is 27.9 Å². The Bertz CT molecular complexity index is 504. The van der Waals surface area contributed by atoms with E-state index in [0.717, 1.165) is 10.0 Å². The van der Waals surface area contributed by atoms with Gasteiger partial charge in [-0.3, -0.25) is 4.79 Å². The molecule has 0 unspecified atom stereocenters. The zero-order valence-electron chi connectivity index (χ0n) is 9.45. The van der Waals surface area contributed by atoms with Gasteiger partial charge >= 0.3 is 0 Å². The van der Waals surface area contributed by atoms with E-state index < -0.39 is 5.91 Å². The smallest absolute Gasteiger partial charge is 0.261 e. The molecule has 1 rings (SSSR count). The number of amides is 1. The molecule has 0 fully saturated rings. The van der Waals surface area contributed by atoms with Crippen LogP contribution in [0.5, 0.6) is 5.75 Å².